The van der Waals surface area contributed by atoms with E-state index in [2.05, 4.69) is 265 Å². The zero-order valence-corrected chi connectivity index (χ0v) is 35.6. The van der Waals surface area contributed by atoms with Gasteiger partial charge in [0.05, 0.1) is 5.41 Å². The molecule has 0 radical (unpaired) electrons. The summed E-state index contributed by atoms with van der Waals surface area (Å²) in [5.74, 6) is 0. The van der Waals surface area contributed by atoms with Crippen LogP contribution in [0.5, 0.6) is 0 Å². The number of benzene rings is 11. The molecule has 0 atom stereocenters. The molecule has 0 amide bonds. The molecular formula is C63H42N2. The minimum atomic E-state index is -0.410. The van der Waals surface area contributed by atoms with Gasteiger partial charge in [0.25, 0.3) is 0 Å². The van der Waals surface area contributed by atoms with Gasteiger partial charge in [0, 0.05) is 34.1 Å². The molecule has 0 saturated carbocycles. The highest BCUT2D eigenvalue weighted by molar-refractivity contribution is 6.08. The van der Waals surface area contributed by atoms with Crippen molar-refractivity contribution in [2.75, 3.05) is 9.80 Å². The van der Waals surface area contributed by atoms with Crippen LogP contribution in [0.15, 0.2) is 255 Å². The zero-order valence-electron chi connectivity index (χ0n) is 35.6. The summed E-state index contributed by atoms with van der Waals surface area (Å²) < 4.78 is 0. The minimum Gasteiger partial charge on any atom is -0.311 e. The molecule has 0 bridgehead atoms. The molecule has 65 heavy (non-hydrogen) atoms. The largest absolute Gasteiger partial charge is 0.311 e. The third-order valence-electron chi connectivity index (χ3n) is 13.8. The maximum atomic E-state index is 2.46. The van der Waals surface area contributed by atoms with Crippen molar-refractivity contribution in [3.63, 3.8) is 0 Å². The van der Waals surface area contributed by atoms with Crippen molar-refractivity contribution < 1.29 is 0 Å². The predicted molar refractivity (Wildman–Crippen MR) is 273 cm³/mol. The summed E-state index contributed by atoms with van der Waals surface area (Å²) in [5.41, 5.74) is 19.1. The molecule has 0 N–H and O–H groups in total. The second kappa shape index (κ2) is 14.8. The molecule has 1 spiro atoms. The van der Waals surface area contributed by atoms with E-state index in [1.165, 1.54) is 77.2 Å². The Labute approximate surface area is 379 Å². The lowest BCUT2D eigenvalue weighted by molar-refractivity contribution is 0.794. The fourth-order valence-corrected chi connectivity index (χ4v) is 11.1. The molecule has 0 aliphatic heterocycles. The number of nitrogens with zero attached hydrogens (tertiary/aromatic N) is 2. The van der Waals surface area contributed by atoms with Crippen molar-refractivity contribution in [2.24, 2.45) is 0 Å². The first-order chi connectivity index (χ1) is 32.3. The van der Waals surface area contributed by atoms with Crippen LogP contribution in [0, 0.1) is 0 Å². The molecule has 2 heteroatoms. The summed E-state index contributed by atoms with van der Waals surface area (Å²) >= 11 is 0. The molecule has 0 heterocycles. The first kappa shape index (κ1) is 37.1. The fourth-order valence-electron chi connectivity index (χ4n) is 11.1. The van der Waals surface area contributed by atoms with Gasteiger partial charge in [-0.3, -0.25) is 0 Å². The smallest absolute Gasteiger partial charge is 0.0725 e. The third kappa shape index (κ3) is 5.67. The van der Waals surface area contributed by atoms with Gasteiger partial charge in [-0.2, -0.15) is 0 Å². The van der Waals surface area contributed by atoms with Crippen molar-refractivity contribution in [2.45, 2.75) is 5.41 Å². The van der Waals surface area contributed by atoms with Gasteiger partial charge in [-0.05, 0) is 150 Å². The lowest BCUT2D eigenvalue weighted by atomic mass is 9.70. The van der Waals surface area contributed by atoms with Crippen LogP contribution in [0.25, 0.3) is 54.9 Å². The summed E-state index contributed by atoms with van der Waals surface area (Å²) in [4.78, 5) is 4.79. The molecule has 11 aromatic rings. The van der Waals surface area contributed by atoms with Crippen LogP contribution in [0.4, 0.5) is 34.1 Å². The molecule has 0 aromatic heterocycles. The Balaban J connectivity index is 1.05. The summed E-state index contributed by atoms with van der Waals surface area (Å²) in [6.45, 7) is 0. The molecule has 2 nitrogen and oxygen atoms in total. The number of fused-ring (bicyclic) bond motifs is 12. The normalized spacial score (nSPS) is 12.7. The monoisotopic (exact) mass is 826 g/mol. The lowest BCUT2D eigenvalue weighted by Gasteiger charge is -2.31. The van der Waals surface area contributed by atoms with Gasteiger partial charge in [0.2, 0.25) is 0 Å². The quantitative estimate of drug-likeness (QED) is 0.158. The van der Waals surface area contributed by atoms with E-state index >= 15 is 0 Å². The van der Waals surface area contributed by atoms with Crippen molar-refractivity contribution in [1.29, 1.82) is 0 Å². The summed E-state index contributed by atoms with van der Waals surface area (Å²) in [6, 6.07) is 93.8. The van der Waals surface area contributed by atoms with E-state index in [0.717, 1.165) is 34.1 Å². The Morgan fingerprint density at radius 1 is 0.215 bits per heavy atom. The van der Waals surface area contributed by atoms with Gasteiger partial charge >= 0.3 is 0 Å². The van der Waals surface area contributed by atoms with E-state index in [0.29, 0.717) is 0 Å². The van der Waals surface area contributed by atoms with Crippen LogP contribution in [-0.4, -0.2) is 0 Å². The molecule has 0 unspecified atom stereocenters. The Kier molecular flexibility index (Phi) is 8.47. The Morgan fingerprint density at radius 3 is 1.20 bits per heavy atom. The molecule has 2 aliphatic carbocycles. The van der Waals surface area contributed by atoms with Gasteiger partial charge in [-0.15, -0.1) is 0 Å². The molecule has 304 valence electrons. The number of anilines is 6. The second-order valence-electron chi connectivity index (χ2n) is 17.2. The number of hydrogen-bond donors (Lipinski definition) is 0. The maximum Gasteiger partial charge on any atom is 0.0725 e. The number of para-hydroxylation sites is 2. The highest BCUT2D eigenvalue weighted by Crippen LogP contribution is 2.63. The van der Waals surface area contributed by atoms with Gasteiger partial charge < -0.3 is 9.80 Å². The van der Waals surface area contributed by atoms with Crippen LogP contribution in [-0.2, 0) is 5.41 Å². The molecule has 11 aromatic carbocycles. The highest BCUT2D eigenvalue weighted by atomic mass is 15.2. The van der Waals surface area contributed by atoms with Crippen LogP contribution in [0.1, 0.15) is 22.3 Å². The Hall–Kier alpha value is -8.46. The average Bonchev–Trinajstić information content (AvgIpc) is 3.84. The molecule has 0 saturated heterocycles. The van der Waals surface area contributed by atoms with E-state index in [4.69, 9.17) is 0 Å². The standard InChI is InChI=1S/C63H42N2/c1-3-21-45(22-4-1)64(46-23-5-2-6-24-46)47-34-36-48(37-35-47)65(50-40-44-19-8-10-26-52(44)57(42-50)53-30-17-20-43-18-7-9-25-51(43)53)49-38-39-62-58(41-49)56-29-13-16-33-61(56)63(62)59-31-14-11-27-54(59)55-28-12-15-32-60(55)63/h1-42H. The average molecular weight is 827 g/mol. The summed E-state index contributed by atoms with van der Waals surface area (Å²) in [6.07, 6.45) is 0. The van der Waals surface area contributed by atoms with Gasteiger partial charge in [-0.25, -0.2) is 0 Å². The second-order valence-corrected chi connectivity index (χ2v) is 17.2. The molecular weight excluding hydrogens is 785 g/mol. The topological polar surface area (TPSA) is 6.48 Å². The Bertz CT molecular complexity index is 3520. The minimum absolute atomic E-state index is 0.410. The summed E-state index contributed by atoms with van der Waals surface area (Å²) in [5, 5.41) is 4.90. The molecule has 13 rings (SSSR count). The molecule has 2 aliphatic rings. The van der Waals surface area contributed by atoms with Crippen LogP contribution in [0.3, 0.4) is 0 Å². The van der Waals surface area contributed by atoms with Crippen molar-refractivity contribution >= 4 is 55.7 Å². The van der Waals surface area contributed by atoms with Gasteiger partial charge in [-0.1, -0.05) is 182 Å². The lowest BCUT2D eigenvalue weighted by Crippen LogP contribution is -2.25. The van der Waals surface area contributed by atoms with Gasteiger partial charge in [0.1, 0.15) is 0 Å². The molecule has 0 fully saturated rings. The van der Waals surface area contributed by atoms with Crippen molar-refractivity contribution in [1.82, 2.24) is 0 Å². The Morgan fingerprint density at radius 2 is 0.600 bits per heavy atom. The van der Waals surface area contributed by atoms with E-state index in [9.17, 15) is 0 Å². The van der Waals surface area contributed by atoms with E-state index in [-0.39, 0.29) is 0 Å². The van der Waals surface area contributed by atoms with Crippen LogP contribution >= 0.6 is 0 Å². The van der Waals surface area contributed by atoms with Crippen LogP contribution in [0.2, 0.25) is 0 Å². The number of hydrogen-bond acceptors (Lipinski definition) is 2. The number of rotatable bonds is 7. The third-order valence-corrected chi connectivity index (χ3v) is 13.8. The summed E-state index contributed by atoms with van der Waals surface area (Å²) in [7, 11) is 0. The fraction of sp³-hybridized carbons (Fsp3) is 0.0159. The maximum absolute atomic E-state index is 2.46. The van der Waals surface area contributed by atoms with Gasteiger partial charge in [0.15, 0.2) is 0 Å². The van der Waals surface area contributed by atoms with E-state index in [1.54, 1.807) is 0 Å². The van der Waals surface area contributed by atoms with E-state index in [1.807, 2.05) is 0 Å². The first-order valence-electron chi connectivity index (χ1n) is 22.5. The SMILES string of the molecule is c1ccc(N(c2ccccc2)c2ccc(N(c3ccc4c(c3)-c3ccccc3C43c4ccccc4-c4ccccc43)c3cc(-c4cccc5ccccc45)c4ccccc4c3)cc2)cc1. The zero-order chi connectivity index (χ0) is 42.9. The highest BCUT2D eigenvalue weighted by Gasteiger charge is 2.51. The predicted octanol–water partition coefficient (Wildman–Crippen LogP) is 16.9. The van der Waals surface area contributed by atoms with E-state index < -0.39 is 5.41 Å². The van der Waals surface area contributed by atoms with Crippen LogP contribution < -0.4 is 9.80 Å². The first-order valence-corrected chi connectivity index (χ1v) is 22.5. The van der Waals surface area contributed by atoms with Crippen molar-refractivity contribution in [3.8, 4) is 33.4 Å². The van der Waals surface area contributed by atoms with Crippen molar-refractivity contribution in [3.05, 3.63) is 277 Å².